The molecule has 0 unspecified atom stereocenters. The van der Waals surface area contributed by atoms with Gasteiger partial charge in [0.1, 0.15) is 0 Å². The van der Waals surface area contributed by atoms with Gasteiger partial charge < -0.3 is 10.0 Å². The summed E-state index contributed by atoms with van der Waals surface area (Å²) in [6.45, 7) is 2.59. The number of carbonyl (C=O) groups is 1. The number of hydrogen-bond acceptors (Lipinski definition) is 4. The standard InChI is InChI=1S/C16H21NO5S/c1-11-4-6-13(7-5-11)23(20,21)22-8-2-3-15-14-9-12(14)10-17(15)16(18)19/h4-7,12,14-15H,2-3,8-10H2,1H3,(H,18,19)/t12-,14-,15-/m1/s1. The third kappa shape index (κ3) is 3.50. The number of benzene rings is 1. The molecule has 3 rings (SSSR count). The van der Waals surface area contributed by atoms with Gasteiger partial charge in [0.15, 0.2) is 0 Å². The highest BCUT2D eigenvalue weighted by Crippen LogP contribution is 2.50. The van der Waals surface area contributed by atoms with Crippen molar-refractivity contribution in [3.8, 4) is 0 Å². The van der Waals surface area contributed by atoms with E-state index in [9.17, 15) is 18.3 Å². The molecule has 1 saturated carbocycles. The van der Waals surface area contributed by atoms with Crippen LogP contribution >= 0.6 is 0 Å². The van der Waals surface area contributed by atoms with E-state index in [4.69, 9.17) is 4.18 Å². The second-order valence-electron chi connectivity index (χ2n) is 6.39. The van der Waals surface area contributed by atoms with Crippen LogP contribution in [0.4, 0.5) is 4.79 Å². The zero-order chi connectivity index (χ0) is 16.6. The minimum Gasteiger partial charge on any atom is -0.465 e. The second kappa shape index (κ2) is 6.13. The van der Waals surface area contributed by atoms with Gasteiger partial charge in [-0.15, -0.1) is 0 Å². The van der Waals surface area contributed by atoms with Crippen LogP contribution < -0.4 is 0 Å². The van der Waals surface area contributed by atoms with E-state index in [0.717, 1.165) is 12.0 Å². The minimum absolute atomic E-state index is 0.0168. The third-order valence-electron chi connectivity index (χ3n) is 4.74. The molecule has 0 bridgehead atoms. The van der Waals surface area contributed by atoms with Crippen molar-refractivity contribution in [2.45, 2.75) is 37.1 Å². The molecule has 1 amide bonds. The van der Waals surface area contributed by atoms with Crippen molar-refractivity contribution in [1.29, 1.82) is 0 Å². The van der Waals surface area contributed by atoms with Crippen LogP contribution in [0.25, 0.3) is 0 Å². The van der Waals surface area contributed by atoms with Crippen LogP contribution in [0.15, 0.2) is 29.2 Å². The summed E-state index contributed by atoms with van der Waals surface area (Å²) in [6.07, 6.45) is 1.40. The summed E-state index contributed by atoms with van der Waals surface area (Å²) in [4.78, 5) is 12.8. The highest BCUT2D eigenvalue weighted by atomic mass is 32.2. The van der Waals surface area contributed by atoms with Crippen LogP contribution in [0.5, 0.6) is 0 Å². The number of fused-ring (bicyclic) bond motifs is 1. The third-order valence-corrected chi connectivity index (χ3v) is 6.07. The lowest BCUT2D eigenvalue weighted by Crippen LogP contribution is -2.37. The first-order chi connectivity index (χ1) is 10.9. The molecule has 7 heteroatoms. The molecule has 0 aromatic heterocycles. The van der Waals surface area contributed by atoms with Gasteiger partial charge in [0.25, 0.3) is 10.1 Å². The Bertz CT molecular complexity index is 685. The van der Waals surface area contributed by atoms with Gasteiger partial charge in [-0.1, -0.05) is 17.7 Å². The predicted molar refractivity (Wildman–Crippen MR) is 83.7 cm³/mol. The van der Waals surface area contributed by atoms with Crippen molar-refractivity contribution < 1.29 is 22.5 Å². The van der Waals surface area contributed by atoms with Gasteiger partial charge >= 0.3 is 6.09 Å². The van der Waals surface area contributed by atoms with Gasteiger partial charge in [-0.05, 0) is 50.2 Å². The molecule has 1 saturated heterocycles. The summed E-state index contributed by atoms with van der Waals surface area (Å²) in [5.74, 6) is 0.966. The zero-order valence-electron chi connectivity index (χ0n) is 13.0. The van der Waals surface area contributed by atoms with E-state index in [0.29, 0.717) is 31.2 Å². The Balaban J connectivity index is 1.49. The van der Waals surface area contributed by atoms with Crippen molar-refractivity contribution in [3.63, 3.8) is 0 Å². The summed E-state index contributed by atoms with van der Waals surface area (Å²) in [5.41, 5.74) is 0.984. The van der Waals surface area contributed by atoms with Crippen LogP contribution in [0.2, 0.25) is 0 Å². The van der Waals surface area contributed by atoms with Gasteiger partial charge in [0, 0.05) is 12.6 Å². The highest BCUT2D eigenvalue weighted by Gasteiger charge is 2.53. The Labute approximate surface area is 136 Å². The molecule has 1 aromatic carbocycles. The predicted octanol–water partition coefficient (Wildman–Crippen LogP) is 2.48. The Kier molecular flexibility index (Phi) is 4.33. The van der Waals surface area contributed by atoms with E-state index >= 15 is 0 Å². The average Bonchev–Trinajstić information content (AvgIpc) is 3.17. The van der Waals surface area contributed by atoms with Crippen LogP contribution in [-0.4, -0.2) is 43.7 Å². The van der Waals surface area contributed by atoms with Crippen LogP contribution in [0.3, 0.4) is 0 Å². The molecule has 1 heterocycles. The highest BCUT2D eigenvalue weighted by molar-refractivity contribution is 7.86. The first-order valence-electron chi connectivity index (χ1n) is 7.84. The molecule has 3 atom stereocenters. The Morgan fingerprint density at radius 1 is 1.35 bits per heavy atom. The van der Waals surface area contributed by atoms with Gasteiger partial charge in [-0.2, -0.15) is 8.42 Å². The fourth-order valence-electron chi connectivity index (χ4n) is 3.40. The molecule has 1 aromatic rings. The van der Waals surface area contributed by atoms with E-state index in [2.05, 4.69) is 0 Å². The molecule has 2 fully saturated rings. The van der Waals surface area contributed by atoms with Gasteiger partial charge in [0.05, 0.1) is 11.5 Å². The molecule has 0 spiro atoms. The van der Waals surface area contributed by atoms with Crippen molar-refractivity contribution >= 4 is 16.2 Å². The lowest BCUT2D eigenvalue weighted by Gasteiger charge is -2.24. The molecular weight excluding hydrogens is 318 g/mol. The topological polar surface area (TPSA) is 83.9 Å². The molecule has 1 aliphatic heterocycles. The van der Waals surface area contributed by atoms with Gasteiger partial charge in [0.2, 0.25) is 0 Å². The minimum atomic E-state index is -3.74. The normalized spacial score (nSPS) is 26.1. The van der Waals surface area contributed by atoms with Crippen molar-refractivity contribution in [3.05, 3.63) is 29.8 Å². The SMILES string of the molecule is Cc1ccc(S(=O)(=O)OCCC[C@@H]2[C@@H]3C[C@@H]3CN2C(=O)O)cc1. The lowest BCUT2D eigenvalue weighted by atomic mass is 10.1. The quantitative estimate of drug-likeness (QED) is 0.636. The largest absolute Gasteiger partial charge is 0.465 e. The molecule has 1 aliphatic carbocycles. The fraction of sp³-hybridized carbons (Fsp3) is 0.562. The van der Waals surface area contributed by atoms with E-state index < -0.39 is 16.2 Å². The number of rotatable bonds is 6. The molecular formula is C16H21NO5S. The monoisotopic (exact) mass is 339 g/mol. The number of aryl methyl sites for hydroxylation is 1. The number of hydrogen-bond donors (Lipinski definition) is 1. The first-order valence-corrected chi connectivity index (χ1v) is 9.25. The Hall–Kier alpha value is -1.60. The summed E-state index contributed by atoms with van der Waals surface area (Å²) in [7, 11) is -3.74. The fourth-order valence-corrected chi connectivity index (χ4v) is 4.34. The summed E-state index contributed by atoms with van der Waals surface area (Å²) < 4.78 is 29.2. The maximum Gasteiger partial charge on any atom is 0.407 e. The van der Waals surface area contributed by atoms with Gasteiger partial charge in [-0.3, -0.25) is 4.18 Å². The average molecular weight is 339 g/mol. The summed E-state index contributed by atoms with van der Waals surface area (Å²) in [6, 6.07) is 6.54. The lowest BCUT2D eigenvalue weighted by molar-refractivity contribution is 0.127. The molecule has 23 heavy (non-hydrogen) atoms. The second-order valence-corrected chi connectivity index (χ2v) is 8.01. The van der Waals surface area contributed by atoms with E-state index in [-0.39, 0.29) is 17.5 Å². The number of amides is 1. The van der Waals surface area contributed by atoms with Gasteiger partial charge in [-0.25, -0.2) is 4.79 Å². The Morgan fingerprint density at radius 2 is 2.04 bits per heavy atom. The number of likely N-dealkylation sites (tertiary alicyclic amines) is 1. The van der Waals surface area contributed by atoms with E-state index in [1.807, 2.05) is 6.92 Å². The maximum absolute atomic E-state index is 12.1. The summed E-state index contributed by atoms with van der Waals surface area (Å²) >= 11 is 0. The first kappa shape index (κ1) is 16.3. The van der Waals surface area contributed by atoms with E-state index in [1.165, 1.54) is 17.0 Å². The molecule has 6 nitrogen and oxygen atoms in total. The van der Waals surface area contributed by atoms with Crippen molar-refractivity contribution in [2.24, 2.45) is 11.8 Å². The maximum atomic E-state index is 12.1. The summed E-state index contributed by atoms with van der Waals surface area (Å²) in [5, 5.41) is 9.18. The molecule has 126 valence electrons. The van der Waals surface area contributed by atoms with Crippen LogP contribution in [0, 0.1) is 18.8 Å². The van der Waals surface area contributed by atoms with Crippen molar-refractivity contribution in [2.75, 3.05) is 13.2 Å². The van der Waals surface area contributed by atoms with E-state index in [1.54, 1.807) is 12.1 Å². The van der Waals surface area contributed by atoms with Crippen LogP contribution in [0.1, 0.15) is 24.8 Å². The van der Waals surface area contributed by atoms with Crippen LogP contribution in [-0.2, 0) is 14.3 Å². The molecule has 2 aliphatic rings. The molecule has 1 N–H and O–H groups in total. The smallest absolute Gasteiger partial charge is 0.407 e. The number of nitrogens with zero attached hydrogens (tertiary/aromatic N) is 1. The zero-order valence-corrected chi connectivity index (χ0v) is 13.8. The molecule has 0 radical (unpaired) electrons. The number of carboxylic acid groups (broad SMARTS) is 1. The Morgan fingerprint density at radius 3 is 2.70 bits per heavy atom. The number of piperidine rings is 1. The van der Waals surface area contributed by atoms with Crippen molar-refractivity contribution in [1.82, 2.24) is 4.90 Å².